The zero-order valence-electron chi connectivity index (χ0n) is 9.46. The number of hydrogen-bond acceptors (Lipinski definition) is 3. The molecular weight excluding hydrogens is 218 g/mol. The highest BCUT2D eigenvalue weighted by Crippen LogP contribution is 2.34. The number of ether oxygens (including phenoxy) is 1. The second-order valence-corrected chi connectivity index (χ2v) is 5.28. The fraction of sp³-hybridized carbons (Fsp3) is 0.800. The molecule has 5 heteroatoms. The molecule has 1 fully saturated rings. The molecule has 0 spiro atoms. The summed E-state index contributed by atoms with van der Waals surface area (Å²) >= 11 is 5.72. The zero-order chi connectivity index (χ0) is 11.9. The highest BCUT2D eigenvalue weighted by atomic mass is 35.5. The van der Waals surface area contributed by atoms with Crippen molar-refractivity contribution in [3.05, 3.63) is 0 Å². The molecule has 86 valence electrons. The minimum absolute atomic E-state index is 0.229. The summed E-state index contributed by atoms with van der Waals surface area (Å²) in [5.74, 6) is 0.00485. The third-order valence-corrected chi connectivity index (χ3v) is 2.76. The Hall–Kier alpha value is -0.770. The first-order valence-electron chi connectivity index (χ1n) is 4.82. The topological polar surface area (TPSA) is 46.6 Å². The van der Waals surface area contributed by atoms with Gasteiger partial charge < -0.3 is 4.74 Å². The van der Waals surface area contributed by atoms with E-state index in [0.29, 0.717) is 6.42 Å². The Bertz CT molecular complexity index is 298. The lowest BCUT2D eigenvalue weighted by atomic mass is 9.88. The van der Waals surface area contributed by atoms with Gasteiger partial charge in [-0.1, -0.05) is 0 Å². The van der Waals surface area contributed by atoms with E-state index in [-0.39, 0.29) is 11.8 Å². The van der Waals surface area contributed by atoms with Gasteiger partial charge in [0.25, 0.3) is 0 Å². The van der Waals surface area contributed by atoms with Crippen LogP contribution in [0, 0.1) is 0 Å². The van der Waals surface area contributed by atoms with Crippen LogP contribution in [0.4, 0.5) is 4.79 Å². The quantitative estimate of drug-likeness (QED) is 0.515. The van der Waals surface area contributed by atoms with Crippen molar-refractivity contribution in [2.75, 3.05) is 5.88 Å². The number of likely N-dealkylation sites (tertiary alicyclic amines) is 1. The maximum Gasteiger partial charge on any atom is 0.417 e. The second kappa shape index (κ2) is 3.67. The van der Waals surface area contributed by atoms with Crippen LogP contribution in [-0.2, 0) is 9.53 Å². The molecule has 0 aromatic rings. The van der Waals surface area contributed by atoms with E-state index >= 15 is 0 Å². The van der Waals surface area contributed by atoms with Crippen LogP contribution >= 0.6 is 11.6 Å². The number of carbonyl (C=O) groups is 2. The number of rotatable bonds is 1. The highest BCUT2D eigenvalue weighted by molar-refractivity contribution is 6.20. The number of halogens is 1. The molecule has 1 heterocycles. The average molecular weight is 234 g/mol. The number of carbonyl (C=O) groups excluding carboxylic acids is 2. The second-order valence-electron chi connectivity index (χ2n) is 5.02. The molecule has 0 N–H and O–H groups in total. The predicted molar refractivity (Wildman–Crippen MR) is 56.8 cm³/mol. The molecule has 0 saturated carbocycles. The summed E-state index contributed by atoms with van der Waals surface area (Å²) < 4.78 is 5.12. The monoisotopic (exact) mass is 233 g/mol. The van der Waals surface area contributed by atoms with Gasteiger partial charge in [0.05, 0.1) is 12.0 Å². The standard InChI is InChI=1S/C10H16ClNO3/c1-9(2,3)15-8(14)12-7(13)5-10(12,4)6-11/h5-6H2,1-4H3/t10-/m0/s1. The van der Waals surface area contributed by atoms with E-state index in [9.17, 15) is 9.59 Å². The molecule has 4 nitrogen and oxygen atoms in total. The molecule has 1 aliphatic rings. The minimum Gasteiger partial charge on any atom is -0.443 e. The van der Waals surface area contributed by atoms with Gasteiger partial charge in [-0.05, 0) is 27.7 Å². The van der Waals surface area contributed by atoms with Crippen LogP contribution in [0.1, 0.15) is 34.1 Å². The molecule has 1 atom stereocenters. The molecule has 0 unspecified atom stereocenters. The Balaban J connectivity index is 2.71. The summed E-state index contributed by atoms with van der Waals surface area (Å²) in [5, 5.41) is 0. The third kappa shape index (κ3) is 2.43. The summed E-state index contributed by atoms with van der Waals surface area (Å²) in [6.07, 6.45) is -0.308. The molecule has 0 bridgehead atoms. The van der Waals surface area contributed by atoms with Crippen molar-refractivity contribution in [3.8, 4) is 0 Å². The van der Waals surface area contributed by atoms with Gasteiger partial charge in [0.2, 0.25) is 5.91 Å². The van der Waals surface area contributed by atoms with Crippen molar-refractivity contribution in [2.24, 2.45) is 0 Å². The first-order chi connectivity index (χ1) is 6.69. The Morgan fingerprint density at radius 3 is 2.47 bits per heavy atom. The maximum absolute atomic E-state index is 11.7. The van der Waals surface area contributed by atoms with E-state index in [1.807, 2.05) is 0 Å². The van der Waals surface area contributed by atoms with Gasteiger partial charge in [0.15, 0.2) is 0 Å². The van der Waals surface area contributed by atoms with Crippen LogP contribution in [0.2, 0.25) is 0 Å². The summed E-state index contributed by atoms with van der Waals surface area (Å²) in [4.78, 5) is 24.1. The molecule has 2 amide bonds. The van der Waals surface area contributed by atoms with Crippen molar-refractivity contribution < 1.29 is 14.3 Å². The van der Waals surface area contributed by atoms with Crippen LogP contribution in [0.3, 0.4) is 0 Å². The summed E-state index contributed by atoms with van der Waals surface area (Å²) in [6, 6.07) is 0. The molecule has 1 rings (SSSR count). The average Bonchev–Trinajstić information content (AvgIpc) is 1.98. The third-order valence-electron chi connectivity index (χ3n) is 2.19. The van der Waals surface area contributed by atoms with Gasteiger partial charge in [-0.3, -0.25) is 4.79 Å². The van der Waals surface area contributed by atoms with Gasteiger partial charge in [-0.15, -0.1) is 11.6 Å². The fourth-order valence-corrected chi connectivity index (χ4v) is 1.64. The Labute approximate surface area is 94.5 Å². The van der Waals surface area contributed by atoms with Gasteiger partial charge in [0, 0.05) is 5.88 Å². The predicted octanol–water partition coefficient (Wildman–Crippen LogP) is 2.15. The Morgan fingerprint density at radius 1 is 1.60 bits per heavy atom. The lowest BCUT2D eigenvalue weighted by Gasteiger charge is -2.46. The SMILES string of the molecule is CC(C)(C)OC(=O)N1C(=O)C[C@@]1(C)CCl. The molecule has 15 heavy (non-hydrogen) atoms. The number of alkyl halides is 1. The van der Waals surface area contributed by atoms with Gasteiger partial charge in [-0.2, -0.15) is 0 Å². The number of hydrogen-bond donors (Lipinski definition) is 0. The number of amides is 2. The summed E-state index contributed by atoms with van der Waals surface area (Å²) in [7, 11) is 0. The number of nitrogens with zero attached hydrogens (tertiary/aromatic N) is 1. The molecule has 0 aromatic carbocycles. The van der Waals surface area contributed by atoms with Crippen molar-refractivity contribution in [3.63, 3.8) is 0 Å². The number of imide groups is 1. The van der Waals surface area contributed by atoms with E-state index in [1.54, 1.807) is 27.7 Å². The van der Waals surface area contributed by atoms with Crippen molar-refractivity contribution in [2.45, 2.75) is 45.3 Å². The summed E-state index contributed by atoms with van der Waals surface area (Å²) in [6.45, 7) is 7.04. The summed E-state index contributed by atoms with van der Waals surface area (Å²) in [5.41, 5.74) is -1.18. The van der Waals surface area contributed by atoms with E-state index in [4.69, 9.17) is 16.3 Å². The van der Waals surface area contributed by atoms with Gasteiger partial charge in [-0.25, -0.2) is 9.69 Å². The molecule has 1 aliphatic heterocycles. The van der Waals surface area contributed by atoms with E-state index < -0.39 is 17.2 Å². The van der Waals surface area contributed by atoms with E-state index in [1.165, 1.54) is 0 Å². The van der Waals surface area contributed by atoms with Crippen LogP contribution in [0.25, 0.3) is 0 Å². The van der Waals surface area contributed by atoms with Gasteiger partial charge >= 0.3 is 6.09 Å². The van der Waals surface area contributed by atoms with E-state index in [0.717, 1.165) is 4.90 Å². The maximum atomic E-state index is 11.7. The van der Waals surface area contributed by atoms with E-state index in [2.05, 4.69) is 0 Å². The Morgan fingerprint density at radius 2 is 2.13 bits per heavy atom. The smallest absolute Gasteiger partial charge is 0.417 e. The molecule has 0 aliphatic carbocycles. The number of β-lactam (4-membered cyclic amide) rings is 1. The highest BCUT2D eigenvalue weighted by Gasteiger charge is 2.51. The van der Waals surface area contributed by atoms with Crippen LogP contribution < -0.4 is 0 Å². The lowest BCUT2D eigenvalue weighted by molar-refractivity contribution is -0.150. The molecule has 1 saturated heterocycles. The fourth-order valence-electron chi connectivity index (χ4n) is 1.43. The van der Waals surface area contributed by atoms with Crippen LogP contribution in [-0.4, -0.2) is 33.9 Å². The molecule has 0 aromatic heterocycles. The van der Waals surface area contributed by atoms with Crippen LogP contribution in [0.5, 0.6) is 0 Å². The lowest BCUT2D eigenvalue weighted by Crippen LogP contribution is -2.65. The molecular formula is C10H16ClNO3. The minimum atomic E-state index is -0.609. The van der Waals surface area contributed by atoms with Crippen molar-refractivity contribution in [1.82, 2.24) is 4.90 Å². The first kappa shape index (κ1) is 12.3. The van der Waals surface area contributed by atoms with Crippen molar-refractivity contribution in [1.29, 1.82) is 0 Å². The largest absolute Gasteiger partial charge is 0.443 e. The normalized spacial score (nSPS) is 26.2. The van der Waals surface area contributed by atoms with Crippen LogP contribution in [0.15, 0.2) is 0 Å². The zero-order valence-corrected chi connectivity index (χ0v) is 10.2. The molecule has 0 radical (unpaired) electrons. The Kier molecular flexibility index (Phi) is 3.01. The van der Waals surface area contributed by atoms with Crippen molar-refractivity contribution >= 4 is 23.6 Å². The van der Waals surface area contributed by atoms with Gasteiger partial charge in [0.1, 0.15) is 5.60 Å². The first-order valence-corrected chi connectivity index (χ1v) is 5.35.